The number of benzene rings is 2. The molecule has 0 atom stereocenters. The molecule has 3 aromatic rings. The molecule has 3 rings (SSSR count). The number of aryl methyl sites for hydroxylation is 1. The topological polar surface area (TPSA) is 59.4 Å². The van der Waals surface area contributed by atoms with Crippen molar-refractivity contribution in [2.45, 2.75) is 13.3 Å². The molecule has 1 N–H and O–H groups in total. The van der Waals surface area contributed by atoms with Crippen LogP contribution in [-0.4, -0.2) is 23.2 Å². The van der Waals surface area contributed by atoms with Crippen molar-refractivity contribution >= 4 is 28.3 Å². The van der Waals surface area contributed by atoms with E-state index in [1.807, 2.05) is 36.4 Å². The van der Waals surface area contributed by atoms with Crippen molar-refractivity contribution in [1.82, 2.24) is 4.98 Å². The van der Waals surface area contributed by atoms with Crippen LogP contribution >= 0.6 is 11.6 Å². The van der Waals surface area contributed by atoms with Crippen molar-refractivity contribution in [2.75, 3.05) is 7.11 Å². The van der Waals surface area contributed by atoms with Crippen LogP contribution < -0.4 is 0 Å². The number of ether oxygens (including phenoxy) is 1. The highest BCUT2D eigenvalue weighted by Gasteiger charge is 2.18. The summed E-state index contributed by atoms with van der Waals surface area (Å²) < 4.78 is 4.66. The molecular weight excluding hydrogens is 326 g/mol. The molecule has 0 saturated heterocycles. The zero-order valence-electron chi connectivity index (χ0n) is 13.3. The van der Waals surface area contributed by atoms with Crippen LogP contribution in [0.5, 0.6) is 5.75 Å². The van der Waals surface area contributed by atoms with Crippen molar-refractivity contribution in [3.63, 3.8) is 0 Å². The normalized spacial score (nSPS) is 10.8. The number of fused-ring (bicyclic) bond motifs is 1. The van der Waals surface area contributed by atoms with E-state index in [0.717, 1.165) is 22.9 Å². The van der Waals surface area contributed by atoms with Crippen LogP contribution in [0.4, 0.5) is 0 Å². The van der Waals surface area contributed by atoms with Gasteiger partial charge in [0.2, 0.25) is 0 Å². The van der Waals surface area contributed by atoms with Crippen molar-refractivity contribution in [2.24, 2.45) is 0 Å². The third-order valence-electron chi connectivity index (χ3n) is 3.91. The monoisotopic (exact) mass is 341 g/mol. The van der Waals surface area contributed by atoms with Gasteiger partial charge in [0.1, 0.15) is 0 Å². The van der Waals surface area contributed by atoms with Crippen molar-refractivity contribution < 1.29 is 14.6 Å². The first kappa shape index (κ1) is 16.3. The number of methoxy groups -OCH3 is 1. The summed E-state index contributed by atoms with van der Waals surface area (Å²) in [5, 5.41) is 12.4. The Morgan fingerprint density at radius 1 is 1.17 bits per heavy atom. The smallest absolute Gasteiger partial charge is 0.360 e. The zero-order valence-corrected chi connectivity index (χ0v) is 14.1. The molecule has 24 heavy (non-hydrogen) atoms. The summed E-state index contributed by atoms with van der Waals surface area (Å²) in [5.41, 5.74) is 2.77. The summed E-state index contributed by atoms with van der Waals surface area (Å²) in [6.45, 7) is 1.80. The van der Waals surface area contributed by atoms with E-state index < -0.39 is 5.97 Å². The maximum Gasteiger partial charge on any atom is 0.360 e. The average molecular weight is 342 g/mol. The van der Waals surface area contributed by atoms with Crippen LogP contribution in [0.15, 0.2) is 42.5 Å². The highest BCUT2D eigenvalue weighted by molar-refractivity contribution is 6.30. The molecule has 0 fully saturated rings. The van der Waals surface area contributed by atoms with Crippen LogP contribution in [0.2, 0.25) is 5.02 Å². The number of carbonyl (C=O) groups is 1. The largest absolute Gasteiger partial charge is 0.505 e. The van der Waals surface area contributed by atoms with E-state index in [1.54, 1.807) is 13.0 Å². The molecule has 0 spiro atoms. The molecule has 0 radical (unpaired) electrons. The standard InChI is InChI=1S/C19H16ClNO3/c1-11-16-10-13(8-12-4-3-5-14(20)9-12)6-7-15(16)18(22)17(21-11)19(23)24-2/h3-7,9-10,22H,8H2,1-2H3. The van der Waals surface area contributed by atoms with Crippen molar-refractivity contribution in [1.29, 1.82) is 0 Å². The van der Waals surface area contributed by atoms with E-state index in [2.05, 4.69) is 9.72 Å². The quantitative estimate of drug-likeness (QED) is 0.722. The van der Waals surface area contributed by atoms with Gasteiger partial charge in [0.05, 0.1) is 7.11 Å². The number of esters is 1. The number of halogens is 1. The molecule has 122 valence electrons. The molecule has 2 aromatic carbocycles. The van der Waals surface area contributed by atoms with Crippen LogP contribution in [-0.2, 0) is 11.2 Å². The molecule has 0 bridgehead atoms. The number of hydrogen-bond acceptors (Lipinski definition) is 4. The first-order valence-corrected chi connectivity index (χ1v) is 7.82. The summed E-state index contributed by atoms with van der Waals surface area (Å²) >= 11 is 6.03. The minimum absolute atomic E-state index is 0.0647. The number of hydrogen-bond donors (Lipinski definition) is 1. The fourth-order valence-corrected chi connectivity index (χ4v) is 2.95. The Kier molecular flexibility index (Phi) is 4.40. The van der Waals surface area contributed by atoms with E-state index in [4.69, 9.17) is 11.6 Å². The molecule has 4 nitrogen and oxygen atoms in total. The Morgan fingerprint density at radius 3 is 2.62 bits per heavy atom. The number of aromatic nitrogens is 1. The van der Waals surface area contributed by atoms with Gasteiger partial charge in [-0.15, -0.1) is 0 Å². The van der Waals surface area contributed by atoms with Gasteiger partial charge in [0.25, 0.3) is 0 Å². The molecule has 5 heteroatoms. The summed E-state index contributed by atoms with van der Waals surface area (Å²) in [6, 6.07) is 13.4. The Hall–Kier alpha value is -2.59. The third-order valence-corrected chi connectivity index (χ3v) is 4.14. The van der Waals surface area contributed by atoms with Gasteiger partial charge in [-0.1, -0.05) is 35.9 Å². The summed E-state index contributed by atoms with van der Waals surface area (Å²) in [6.07, 6.45) is 0.718. The Morgan fingerprint density at radius 2 is 1.92 bits per heavy atom. The van der Waals surface area contributed by atoms with Crippen molar-refractivity contribution in [3.05, 3.63) is 70.0 Å². The van der Waals surface area contributed by atoms with Gasteiger partial charge in [-0.05, 0) is 42.7 Å². The SMILES string of the molecule is COC(=O)c1nc(C)c2cc(Cc3cccc(Cl)c3)ccc2c1O. The van der Waals surface area contributed by atoms with E-state index in [0.29, 0.717) is 16.1 Å². The predicted octanol–water partition coefficient (Wildman–Crippen LogP) is 4.28. The van der Waals surface area contributed by atoms with Gasteiger partial charge in [0.15, 0.2) is 11.4 Å². The number of pyridine rings is 1. The fourth-order valence-electron chi connectivity index (χ4n) is 2.74. The van der Waals surface area contributed by atoms with Gasteiger partial charge in [-0.25, -0.2) is 9.78 Å². The molecule has 1 aromatic heterocycles. The maximum atomic E-state index is 11.7. The Labute approximate surface area is 144 Å². The molecule has 0 saturated carbocycles. The molecule has 0 aliphatic carbocycles. The fraction of sp³-hybridized carbons (Fsp3) is 0.158. The summed E-state index contributed by atoms with van der Waals surface area (Å²) in [5.74, 6) is -0.808. The maximum absolute atomic E-state index is 11.7. The first-order valence-electron chi connectivity index (χ1n) is 7.44. The lowest BCUT2D eigenvalue weighted by Gasteiger charge is -2.10. The molecule has 0 aliphatic rings. The second-order valence-electron chi connectivity index (χ2n) is 5.57. The van der Waals surface area contributed by atoms with Gasteiger partial charge in [-0.3, -0.25) is 0 Å². The molecule has 0 unspecified atom stereocenters. The van der Waals surface area contributed by atoms with E-state index in [9.17, 15) is 9.90 Å². The lowest BCUT2D eigenvalue weighted by molar-refractivity contribution is 0.0590. The van der Waals surface area contributed by atoms with Crippen LogP contribution in [0.3, 0.4) is 0 Å². The minimum atomic E-state index is -0.652. The van der Waals surface area contributed by atoms with Crippen LogP contribution in [0.25, 0.3) is 10.8 Å². The van der Waals surface area contributed by atoms with Crippen molar-refractivity contribution in [3.8, 4) is 5.75 Å². The van der Waals surface area contributed by atoms with Gasteiger partial charge in [0, 0.05) is 21.5 Å². The second kappa shape index (κ2) is 6.49. The predicted molar refractivity (Wildman–Crippen MR) is 93.7 cm³/mol. The van der Waals surface area contributed by atoms with Gasteiger partial charge >= 0.3 is 5.97 Å². The first-order chi connectivity index (χ1) is 11.5. The minimum Gasteiger partial charge on any atom is -0.505 e. The zero-order chi connectivity index (χ0) is 17.3. The highest BCUT2D eigenvalue weighted by atomic mass is 35.5. The summed E-state index contributed by atoms with van der Waals surface area (Å²) in [4.78, 5) is 15.9. The average Bonchev–Trinajstić information content (AvgIpc) is 2.57. The second-order valence-corrected chi connectivity index (χ2v) is 6.01. The molecular formula is C19H16ClNO3. The lowest BCUT2D eigenvalue weighted by Crippen LogP contribution is -2.06. The number of rotatable bonds is 3. The van der Waals surface area contributed by atoms with Gasteiger partial charge < -0.3 is 9.84 Å². The molecule has 1 heterocycles. The third kappa shape index (κ3) is 3.05. The van der Waals surface area contributed by atoms with E-state index in [-0.39, 0.29) is 11.4 Å². The van der Waals surface area contributed by atoms with Crippen LogP contribution in [0, 0.1) is 6.92 Å². The molecule has 0 aliphatic heterocycles. The van der Waals surface area contributed by atoms with E-state index >= 15 is 0 Å². The van der Waals surface area contributed by atoms with E-state index in [1.165, 1.54) is 7.11 Å². The Balaban J connectivity index is 2.05. The van der Waals surface area contributed by atoms with Gasteiger partial charge in [-0.2, -0.15) is 0 Å². The lowest BCUT2D eigenvalue weighted by atomic mass is 10.00. The van der Waals surface area contributed by atoms with Crippen LogP contribution in [0.1, 0.15) is 27.3 Å². The number of aromatic hydroxyl groups is 1. The Bertz CT molecular complexity index is 937. The number of carbonyl (C=O) groups excluding carboxylic acids is 1. The number of nitrogens with zero attached hydrogens (tertiary/aromatic N) is 1. The highest BCUT2D eigenvalue weighted by Crippen LogP contribution is 2.31. The molecule has 0 amide bonds. The summed E-state index contributed by atoms with van der Waals surface area (Å²) in [7, 11) is 1.26.